The lowest BCUT2D eigenvalue weighted by atomic mass is 10.1. The highest BCUT2D eigenvalue weighted by Gasteiger charge is 2.27. The maximum absolute atomic E-state index is 12.6. The molecule has 0 aliphatic carbocycles. The first-order chi connectivity index (χ1) is 16.8. The number of carboxylic acid groups (broad SMARTS) is 2. The number of hydrogen-bond acceptors (Lipinski definition) is 7. The van der Waals surface area contributed by atoms with Gasteiger partial charge >= 0.3 is 23.9 Å². The van der Waals surface area contributed by atoms with Gasteiger partial charge < -0.3 is 25.6 Å². The number of esters is 2. The zero-order chi connectivity index (χ0) is 26.3. The minimum Gasteiger partial charge on any atom is -0.481 e. The molecule has 204 valence electrons. The summed E-state index contributed by atoms with van der Waals surface area (Å²) in [4.78, 5) is 47.3. The van der Waals surface area contributed by atoms with Crippen LogP contribution in [0.25, 0.3) is 0 Å². The fourth-order valence-electron chi connectivity index (χ4n) is 3.75. The van der Waals surface area contributed by atoms with E-state index in [9.17, 15) is 19.2 Å². The molecule has 0 aromatic heterocycles. The average Bonchev–Trinajstić information content (AvgIpc) is 2.81. The third-order valence-electron chi connectivity index (χ3n) is 5.91. The van der Waals surface area contributed by atoms with Gasteiger partial charge in [-0.05, 0) is 38.8 Å². The van der Waals surface area contributed by atoms with E-state index >= 15 is 0 Å². The molecule has 0 fully saturated rings. The van der Waals surface area contributed by atoms with Crippen molar-refractivity contribution in [1.82, 2.24) is 10.6 Å². The van der Waals surface area contributed by atoms with Gasteiger partial charge in [0, 0.05) is 12.8 Å². The molecule has 4 N–H and O–H groups in total. The van der Waals surface area contributed by atoms with Gasteiger partial charge in [-0.3, -0.25) is 9.59 Å². The molecule has 0 amide bonds. The van der Waals surface area contributed by atoms with Crippen LogP contribution in [0.5, 0.6) is 0 Å². The zero-order valence-electron chi connectivity index (χ0n) is 21.8. The summed E-state index contributed by atoms with van der Waals surface area (Å²) in [6.45, 7) is 5.35. The first kappa shape index (κ1) is 33.0. The van der Waals surface area contributed by atoms with Gasteiger partial charge in [-0.15, -0.1) is 0 Å². The molecule has 0 rings (SSSR count). The van der Waals surface area contributed by atoms with Crippen LogP contribution in [-0.2, 0) is 23.9 Å². The molecular weight excluding hydrogens is 452 g/mol. The molecule has 9 nitrogen and oxygen atoms in total. The lowest BCUT2D eigenvalue weighted by Crippen LogP contribution is -2.44. The fourth-order valence-corrected chi connectivity index (χ4v) is 3.75. The van der Waals surface area contributed by atoms with Gasteiger partial charge in [-0.1, -0.05) is 78.1 Å². The summed E-state index contributed by atoms with van der Waals surface area (Å²) in [5.41, 5.74) is 0. The predicted octanol–water partition coefficient (Wildman–Crippen LogP) is 4.42. The summed E-state index contributed by atoms with van der Waals surface area (Å²) in [5, 5.41) is 24.1. The molecule has 0 saturated heterocycles. The van der Waals surface area contributed by atoms with E-state index in [0.717, 1.165) is 51.4 Å². The molecular formula is C26H48N2O7. The standard InChI is InChI=1S/C26H48N2O7/c1-3-5-7-9-11-13-19-27-21(15-17-23(29)30)25(33)35-26(34)22(16-18-24(31)32)28-20-14-12-10-8-6-4-2/h21-22,27-28H,3-20H2,1-2H3,(H,29,30)(H,31,32). The van der Waals surface area contributed by atoms with E-state index in [1.54, 1.807) is 0 Å². The van der Waals surface area contributed by atoms with Crippen molar-refractivity contribution in [3.63, 3.8) is 0 Å². The Morgan fingerprint density at radius 1 is 0.600 bits per heavy atom. The van der Waals surface area contributed by atoms with Crippen LogP contribution in [0, 0.1) is 0 Å². The lowest BCUT2D eigenvalue weighted by molar-refractivity contribution is -0.163. The number of carbonyl (C=O) groups is 4. The normalized spacial score (nSPS) is 12.7. The molecule has 2 atom stereocenters. The Morgan fingerprint density at radius 2 is 0.943 bits per heavy atom. The van der Waals surface area contributed by atoms with Gasteiger partial charge in [0.05, 0.1) is 0 Å². The Bertz CT molecular complexity index is 548. The molecule has 35 heavy (non-hydrogen) atoms. The quantitative estimate of drug-likeness (QED) is 0.0860. The van der Waals surface area contributed by atoms with E-state index in [-0.39, 0.29) is 25.7 Å². The van der Waals surface area contributed by atoms with E-state index in [0.29, 0.717) is 13.1 Å². The molecule has 0 saturated carbocycles. The van der Waals surface area contributed by atoms with Crippen LogP contribution in [0.3, 0.4) is 0 Å². The molecule has 0 bridgehead atoms. The van der Waals surface area contributed by atoms with E-state index in [4.69, 9.17) is 14.9 Å². The summed E-state index contributed by atoms with van der Waals surface area (Å²) in [7, 11) is 0. The summed E-state index contributed by atoms with van der Waals surface area (Å²) >= 11 is 0. The highest BCUT2D eigenvalue weighted by Crippen LogP contribution is 2.09. The number of unbranched alkanes of at least 4 members (excludes halogenated alkanes) is 10. The Balaban J connectivity index is 4.73. The second kappa shape index (κ2) is 22.5. The third-order valence-corrected chi connectivity index (χ3v) is 5.91. The van der Waals surface area contributed by atoms with E-state index < -0.39 is 36.0 Å². The molecule has 2 unspecified atom stereocenters. The van der Waals surface area contributed by atoms with Crippen LogP contribution in [0.4, 0.5) is 0 Å². The topological polar surface area (TPSA) is 142 Å². The smallest absolute Gasteiger partial charge is 0.330 e. The molecule has 9 heteroatoms. The molecule has 0 aliphatic heterocycles. The monoisotopic (exact) mass is 500 g/mol. The Kier molecular flexibility index (Phi) is 21.2. The number of aliphatic carboxylic acids is 2. The average molecular weight is 501 g/mol. The number of carbonyl (C=O) groups excluding carboxylic acids is 2. The summed E-state index contributed by atoms with van der Waals surface area (Å²) < 4.78 is 5.07. The zero-order valence-corrected chi connectivity index (χ0v) is 21.8. The van der Waals surface area contributed by atoms with Crippen molar-refractivity contribution in [2.45, 2.75) is 129 Å². The van der Waals surface area contributed by atoms with Crippen molar-refractivity contribution >= 4 is 23.9 Å². The summed E-state index contributed by atoms with van der Waals surface area (Å²) in [5.74, 6) is -3.70. The van der Waals surface area contributed by atoms with Crippen LogP contribution in [0.1, 0.15) is 117 Å². The van der Waals surface area contributed by atoms with E-state index in [1.807, 2.05) is 0 Å². The molecule has 0 radical (unpaired) electrons. The van der Waals surface area contributed by atoms with Gasteiger partial charge in [0.15, 0.2) is 0 Å². The van der Waals surface area contributed by atoms with Gasteiger partial charge in [0.1, 0.15) is 12.1 Å². The van der Waals surface area contributed by atoms with Crippen molar-refractivity contribution in [2.75, 3.05) is 13.1 Å². The van der Waals surface area contributed by atoms with E-state index in [2.05, 4.69) is 24.5 Å². The number of hydrogen-bond donors (Lipinski definition) is 4. The number of rotatable bonds is 24. The highest BCUT2D eigenvalue weighted by molar-refractivity contribution is 5.91. The minimum atomic E-state index is -1.03. The summed E-state index contributed by atoms with van der Waals surface area (Å²) in [6.07, 6.45) is 12.5. The SMILES string of the molecule is CCCCCCCCNC(CCC(=O)O)C(=O)OC(=O)C(CCC(=O)O)NCCCCCCCC. The van der Waals surface area contributed by atoms with Crippen LogP contribution in [0.2, 0.25) is 0 Å². The molecule has 0 spiro atoms. The Morgan fingerprint density at radius 3 is 1.29 bits per heavy atom. The maximum atomic E-state index is 12.6. The largest absolute Gasteiger partial charge is 0.481 e. The predicted molar refractivity (Wildman–Crippen MR) is 135 cm³/mol. The van der Waals surface area contributed by atoms with Crippen molar-refractivity contribution < 1.29 is 34.1 Å². The highest BCUT2D eigenvalue weighted by atomic mass is 16.6. The summed E-state index contributed by atoms with van der Waals surface area (Å²) in [6, 6.07) is -1.80. The first-order valence-corrected chi connectivity index (χ1v) is 13.5. The minimum absolute atomic E-state index is 0.0161. The second-order valence-electron chi connectivity index (χ2n) is 9.15. The number of ether oxygens (including phenoxy) is 1. The van der Waals surface area contributed by atoms with Gasteiger partial charge in [-0.25, -0.2) is 9.59 Å². The van der Waals surface area contributed by atoms with Gasteiger partial charge in [-0.2, -0.15) is 0 Å². The van der Waals surface area contributed by atoms with Crippen molar-refractivity contribution in [3.8, 4) is 0 Å². The van der Waals surface area contributed by atoms with Crippen LogP contribution >= 0.6 is 0 Å². The van der Waals surface area contributed by atoms with E-state index in [1.165, 1.54) is 25.7 Å². The fraction of sp³-hybridized carbons (Fsp3) is 0.846. The molecule has 0 aromatic rings. The Labute approximate surface area is 210 Å². The van der Waals surface area contributed by atoms with Crippen molar-refractivity contribution in [2.24, 2.45) is 0 Å². The molecule has 0 heterocycles. The lowest BCUT2D eigenvalue weighted by Gasteiger charge is -2.20. The first-order valence-electron chi connectivity index (χ1n) is 13.5. The van der Waals surface area contributed by atoms with Gasteiger partial charge in [0.25, 0.3) is 0 Å². The molecule has 0 aliphatic rings. The number of carboxylic acids is 2. The van der Waals surface area contributed by atoms with Crippen LogP contribution in [-0.4, -0.2) is 59.3 Å². The van der Waals surface area contributed by atoms with Crippen molar-refractivity contribution in [3.05, 3.63) is 0 Å². The van der Waals surface area contributed by atoms with Crippen LogP contribution < -0.4 is 10.6 Å². The second-order valence-corrected chi connectivity index (χ2v) is 9.15. The van der Waals surface area contributed by atoms with Crippen molar-refractivity contribution in [1.29, 1.82) is 0 Å². The number of nitrogens with one attached hydrogen (secondary N) is 2. The third kappa shape index (κ3) is 19.9. The maximum Gasteiger partial charge on any atom is 0.330 e. The molecule has 0 aromatic carbocycles. The van der Waals surface area contributed by atoms with Gasteiger partial charge in [0.2, 0.25) is 0 Å². The Hall–Kier alpha value is -2.00. The van der Waals surface area contributed by atoms with Crippen LogP contribution in [0.15, 0.2) is 0 Å².